The number of rotatable bonds is 5. The highest BCUT2D eigenvalue weighted by Gasteiger charge is 2.34. The number of thiazole rings is 1. The first-order valence-corrected chi connectivity index (χ1v) is 12.8. The van der Waals surface area contributed by atoms with Crippen LogP contribution in [-0.4, -0.2) is 34.8 Å². The lowest BCUT2D eigenvalue weighted by Crippen LogP contribution is -2.33. The van der Waals surface area contributed by atoms with Gasteiger partial charge >= 0.3 is 0 Å². The molecular weight excluding hydrogens is 468 g/mol. The van der Waals surface area contributed by atoms with Gasteiger partial charge in [-0.1, -0.05) is 30.3 Å². The molecule has 0 unspecified atom stereocenters. The highest BCUT2D eigenvalue weighted by molar-refractivity contribution is 7.18. The van der Waals surface area contributed by atoms with Crippen LogP contribution in [0.25, 0.3) is 22.0 Å². The average molecular weight is 494 g/mol. The van der Waals surface area contributed by atoms with Gasteiger partial charge in [0.2, 0.25) is 0 Å². The Labute approximate surface area is 213 Å². The number of allylic oxidation sites excluding steroid dienone is 2. The molecule has 36 heavy (non-hydrogen) atoms. The van der Waals surface area contributed by atoms with E-state index in [0.717, 1.165) is 32.2 Å². The minimum atomic E-state index is -0.199. The van der Waals surface area contributed by atoms with E-state index in [2.05, 4.69) is 66.2 Å². The summed E-state index contributed by atoms with van der Waals surface area (Å²) in [5.74, 6) is -0.398. The monoisotopic (exact) mass is 493 g/mol. The van der Waals surface area contributed by atoms with Crippen molar-refractivity contribution in [3.05, 3.63) is 100 Å². The number of aryl methyl sites for hydroxylation is 2. The SMILES string of the molecule is Cc1cc2nc(/C=C3\C=CN(CCCN4C(=O)c5ccccc5C4=O)c4ccccc43)sc2[n+](C)c1. The molecule has 4 aromatic rings. The molecule has 2 aromatic carbocycles. The van der Waals surface area contributed by atoms with Gasteiger partial charge in [0.25, 0.3) is 16.6 Å². The van der Waals surface area contributed by atoms with Gasteiger partial charge in [0.05, 0.1) is 11.1 Å². The van der Waals surface area contributed by atoms with Crippen molar-refractivity contribution in [1.82, 2.24) is 9.88 Å². The zero-order valence-corrected chi connectivity index (χ0v) is 21.0. The first kappa shape index (κ1) is 22.4. The van der Waals surface area contributed by atoms with E-state index in [-0.39, 0.29) is 11.8 Å². The Morgan fingerprint density at radius 2 is 1.67 bits per heavy atom. The summed E-state index contributed by atoms with van der Waals surface area (Å²) >= 11 is 1.68. The topological polar surface area (TPSA) is 57.4 Å². The number of hydrogen-bond donors (Lipinski definition) is 0. The summed E-state index contributed by atoms with van der Waals surface area (Å²) in [5.41, 5.74) is 6.56. The maximum Gasteiger partial charge on any atom is 0.289 e. The quantitative estimate of drug-likeness (QED) is 0.290. The van der Waals surface area contributed by atoms with E-state index in [4.69, 9.17) is 4.98 Å². The number of carbonyl (C=O) groups excluding carboxylic acids is 2. The lowest BCUT2D eigenvalue weighted by atomic mass is 9.99. The van der Waals surface area contributed by atoms with Crippen molar-refractivity contribution in [1.29, 1.82) is 0 Å². The van der Waals surface area contributed by atoms with Crippen LogP contribution in [0, 0.1) is 6.92 Å². The second-order valence-corrected chi connectivity index (χ2v) is 10.2. The molecular formula is C29H25N4O2S+. The lowest BCUT2D eigenvalue weighted by Gasteiger charge is -2.28. The number of anilines is 1. The van der Waals surface area contributed by atoms with E-state index in [1.807, 2.05) is 12.1 Å². The Morgan fingerprint density at radius 1 is 0.972 bits per heavy atom. The van der Waals surface area contributed by atoms with Crippen LogP contribution < -0.4 is 9.47 Å². The van der Waals surface area contributed by atoms with Crippen molar-refractivity contribution >= 4 is 50.8 Å². The minimum absolute atomic E-state index is 0.199. The second kappa shape index (κ2) is 8.84. The standard InChI is InChI=1S/C29H25N4O2S/c1-19-16-24-29(31(2)18-19)36-26(30-24)17-20-12-15-32(25-11-6-5-8-21(20)25)13-7-14-33-27(34)22-9-3-4-10-23(22)28(33)35/h3-6,8-12,15-18H,7,13-14H2,1-2H3/q+1/b20-17+. The molecule has 0 N–H and O–H groups in total. The van der Waals surface area contributed by atoms with Crippen LogP contribution in [0.4, 0.5) is 5.69 Å². The van der Waals surface area contributed by atoms with Crippen molar-refractivity contribution in [2.45, 2.75) is 13.3 Å². The number of para-hydroxylation sites is 1. The fourth-order valence-corrected chi connectivity index (χ4v) is 5.90. The van der Waals surface area contributed by atoms with Crippen molar-refractivity contribution in [2.24, 2.45) is 7.05 Å². The second-order valence-electron chi connectivity index (χ2n) is 9.16. The molecule has 0 fully saturated rings. The predicted molar refractivity (Wildman–Crippen MR) is 143 cm³/mol. The largest absolute Gasteiger partial charge is 0.347 e. The fourth-order valence-electron chi connectivity index (χ4n) is 4.97. The molecule has 178 valence electrons. The number of nitrogens with zero attached hydrogens (tertiary/aromatic N) is 4. The van der Waals surface area contributed by atoms with Crippen molar-refractivity contribution in [3.8, 4) is 0 Å². The maximum absolute atomic E-state index is 12.7. The van der Waals surface area contributed by atoms with Gasteiger partial charge < -0.3 is 4.90 Å². The third kappa shape index (κ3) is 3.82. The summed E-state index contributed by atoms with van der Waals surface area (Å²) in [7, 11) is 2.06. The average Bonchev–Trinajstić information content (AvgIpc) is 3.39. The lowest BCUT2D eigenvalue weighted by molar-refractivity contribution is -0.643. The molecule has 7 heteroatoms. The Balaban J connectivity index is 1.21. The number of hydrogen-bond acceptors (Lipinski definition) is 5. The summed E-state index contributed by atoms with van der Waals surface area (Å²) in [6, 6.07) is 17.5. The van der Waals surface area contributed by atoms with Crippen LogP contribution in [0.2, 0.25) is 0 Å². The van der Waals surface area contributed by atoms with Crippen LogP contribution in [0.15, 0.2) is 73.1 Å². The highest BCUT2D eigenvalue weighted by atomic mass is 32.1. The van der Waals surface area contributed by atoms with Crippen molar-refractivity contribution in [3.63, 3.8) is 0 Å². The first-order chi connectivity index (χ1) is 17.5. The summed E-state index contributed by atoms with van der Waals surface area (Å²) in [6.45, 7) is 3.17. The fraction of sp³-hybridized carbons (Fsp3) is 0.172. The Bertz CT molecular complexity index is 1570. The van der Waals surface area contributed by atoms with E-state index in [9.17, 15) is 9.59 Å². The number of fused-ring (bicyclic) bond motifs is 3. The normalized spacial score (nSPS) is 15.8. The molecule has 6 rings (SSSR count). The van der Waals surface area contributed by atoms with E-state index in [1.54, 1.807) is 35.6 Å². The third-order valence-electron chi connectivity index (χ3n) is 6.63. The van der Waals surface area contributed by atoms with Crippen LogP contribution in [0.5, 0.6) is 0 Å². The zero-order valence-electron chi connectivity index (χ0n) is 20.1. The van der Waals surface area contributed by atoms with Gasteiger partial charge in [-0.3, -0.25) is 14.5 Å². The molecule has 0 aliphatic carbocycles. The molecule has 6 nitrogen and oxygen atoms in total. The number of imide groups is 1. The van der Waals surface area contributed by atoms with Crippen LogP contribution >= 0.6 is 11.3 Å². The smallest absolute Gasteiger partial charge is 0.289 e. The third-order valence-corrected chi connectivity index (χ3v) is 7.74. The number of amides is 2. The maximum atomic E-state index is 12.7. The van der Waals surface area contributed by atoms with Crippen molar-refractivity contribution < 1.29 is 14.2 Å². The molecule has 0 saturated carbocycles. The Kier molecular flexibility index (Phi) is 5.49. The Morgan fingerprint density at radius 3 is 2.42 bits per heavy atom. The minimum Gasteiger partial charge on any atom is -0.347 e. The van der Waals surface area contributed by atoms with E-state index in [1.165, 1.54) is 10.5 Å². The summed E-state index contributed by atoms with van der Waals surface area (Å²) in [6.07, 6.45) is 9.13. The molecule has 2 aliphatic heterocycles. The van der Waals surface area contributed by atoms with Gasteiger partial charge in [-0.25, -0.2) is 4.98 Å². The van der Waals surface area contributed by atoms with Gasteiger partial charge in [0.15, 0.2) is 6.20 Å². The zero-order chi connectivity index (χ0) is 24.8. The molecule has 2 aliphatic rings. The number of carbonyl (C=O) groups is 2. The molecule has 0 atom stereocenters. The van der Waals surface area contributed by atoms with E-state index >= 15 is 0 Å². The molecule has 2 amide bonds. The molecule has 4 heterocycles. The van der Waals surface area contributed by atoms with Gasteiger partial charge in [0.1, 0.15) is 17.6 Å². The van der Waals surface area contributed by atoms with Crippen LogP contribution in [-0.2, 0) is 7.05 Å². The van der Waals surface area contributed by atoms with Gasteiger partial charge in [-0.2, -0.15) is 4.57 Å². The number of benzene rings is 2. The number of pyridine rings is 1. The van der Waals surface area contributed by atoms with Gasteiger partial charge in [-0.05, 0) is 66.7 Å². The predicted octanol–water partition coefficient (Wildman–Crippen LogP) is 4.99. The Hall–Kier alpha value is -4.10. The van der Waals surface area contributed by atoms with Crippen LogP contribution in [0.1, 0.15) is 43.3 Å². The van der Waals surface area contributed by atoms with Gasteiger partial charge in [0, 0.05) is 36.1 Å². The molecule has 0 bridgehead atoms. The van der Waals surface area contributed by atoms with E-state index in [0.29, 0.717) is 30.6 Å². The van der Waals surface area contributed by atoms with Gasteiger partial charge in [-0.15, -0.1) is 0 Å². The summed E-state index contributed by atoms with van der Waals surface area (Å²) in [4.78, 5) is 34.9. The summed E-state index contributed by atoms with van der Waals surface area (Å²) < 4.78 is 2.13. The summed E-state index contributed by atoms with van der Waals surface area (Å²) in [5, 5.41) is 0.972. The molecule has 0 spiro atoms. The van der Waals surface area contributed by atoms with Crippen molar-refractivity contribution in [2.75, 3.05) is 18.0 Å². The molecule has 2 aromatic heterocycles. The molecule has 0 saturated heterocycles. The first-order valence-electron chi connectivity index (χ1n) is 12.0. The highest BCUT2D eigenvalue weighted by Crippen LogP contribution is 2.35. The van der Waals surface area contributed by atoms with Crippen LogP contribution in [0.3, 0.4) is 0 Å². The molecule has 0 radical (unpaired) electrons. The number of aromatic nitrogens is 2. The van der Waals surface area contributed by atoms with E-state index < -0.39 is 0 Å².